The molecule has 0 aliphatic rings. The van der Waals surface area contributed by atoms with E-state index in [4.69, 9.17) is 0 Å². The van der Waals surface area contributed by atoms with Gasteiger partial charge in [0, 0.05) is 36.3 Å². The summed E-state index contributed by atoms with van der Waals surface area (Å²) in [6.07, 6.45) is 5.15. The van der Waals surface area contributed by atoms with Crippen molar-refractivity contribution < 1.29 is 9.18 Å². The van der Waals surface area contributed by atoms with Crippen LogP contribution >= 0.6 is 0 Å². The topological polar surface area (TPSA) is 59.3 Å². The van der Waals surface area contributed by atoms with Crippen LogP contribution in [0.4, 0.5) is 4.39 Å². The third-order valence-electron chi connectivity index (χ3n) is 4.10. The van der Waals surface area contributed by atoms with E-state index in [1.807, 2.05) is 30.3 Å². The van der Waals surface area contributed by atoms with E-state index in [9.17, 15) is 9.18 Å². The zero-order valence-corrected chi connectivity index (χ0v) is 13.8. The minimum Gasteiger partial charge on any atom is -0.345 e. The first-order valence-corrected chi connectivity index (χ1v) is 8.13. The zero-order valence-electron chi connectivity index (χ0n) is 13.8. The fourth-order valence-corrected chi connectivity index (χ4v) is 2.82. The Kier molecular flexibility index (Phi) is 4.15. The summed E-state index contributed by atoms with van der Waals surface area (Å²) in [5.41, 5.74) is 2.81. The molecule has 1 N–H and O–H groups in total. The first kappa shape index (κ1) is 16.0. The molecule has 4 aromatic rings. The van der Waals surface area contributed by atoms with Crippen molar-refractivity contribution in [1.82, 2.24) is 19.7 Å². The minimum atomic E-state index is -0.366. The molecule has 0 atom stereocenters. The molecule has 3 heterocycles. The number of hydrogen-bond acceptors (Lipinski definition) is 3. The fourth-order valence-electron chi connectivity index (χ4n) is 2.82. The Morgan fingerprint density at radius 1 is 1.04 bits per heavy atom. The third-order valence-corrected chi connectivity index (χ3v) is 4.10. The van der Waals surface area contributed by atoms with E-state index in [0.29, 0.717) is 11.3 Å². The number of carbonyl (C=O) groups is 1. The second-order valence-electron chi connectivity index (χ2n) is 5.75. The maximum absolute atomic E-state index is 13.7. The van der Waals surface area contributed by atoms with Crippen LogP contribution in [-0.2, 0) is 6.54 Å². The molecule has 26 heavy (non-hydrogen) atoms. The van der Waals surface area contributed by atoms with Gasteiger partial charge >= 0.3 is 0 Å². The summed E-state index contributed by atoms with van der Waals surface area (Å²) >= 11 is 0. The van der Waals surface area contributed by atoms with Crippen molar-refractivity contribution in [2.24, 2.45) is 0 Å². The Morgan fingerprint density at radius 3 is 2.62 bits per heavy atom. The van der Waals surface area contributed by atoms with Gasteiger partial charge in [-0.1, -0.05) is 24.3 Å². The molecule has 1 aromatic carbocycles. The highest BCUT2D eigenvalue weighted by Crippen LogP contribution is 2.24. The van der Waals surface area contributed by atoms with Crippen molar-refractivity contribution in [3.05, 3.63) is 90.4 Å². The summed E-state index contributed by atoms with van der Waals surface area (Å²) in [4.78, 5) is 21.2. The SMILES string of the molecule is O=C(NCc1ccccc1F)c1nc(-c2ccncc2)c2ccccn12. The number of halogens is 1. The van der Waals surface area contributed by atoms with Gasteiger partial charge in [0.2, 0.25) is 5.82 Å². The molecule has 0 radical (unpaired) electrons. The monoisotopic (exact) mass is 346 g/mol. The molecule has 0 unspecified atom stereocenters. The molecule has 3 aromatic heterocycles. The van der Waals surface area contributed by atoms with E-state index in [1.54, 1.807) is 41.2 Å². The van der Waals surface area contributed by atoms with Gasteiger partial charge in [0.25, 0.3) is 5.91 Å². The van der Waals surface area contributed by atoms with Gasteiger partial charge in [-0.25, -0.2) is 9.37 Å². The number of carbonyl (C=O) groups excluding carboxylic acids is 1. The van der Waals surface area contributed by atoms with Gasteiger partial charge in [-0.15, -0.1) is 0 Å². The summed E-state index contributed by atoms with van der Waals surface area (Å²) in [6.45, 7) is 0.0951. The van der Waals surface area contributed by atoms with Crippen molar-refractivity contribution in [3.63, 3.8) is 0 Å². The van der Waals surface area contributed by atoms with E-state index in [-0.39, 0.29) is 24.1 Å². The molecule has 128 valence electrons. The lowest BCUT2D eigenvalue weighted by molar-refractivity contribution is 0.0939. The Bertz CT molecular complexity index is 1080. The molecular weight excluding hydrogens is 331 g/mol. The molecule has 1 amide bonds. The maximum atomic E-state index is 13.7. The first-order chi connectivity index (χ1) is 12.7. The average Bonchev–Trinajstić information content (AvgIpc) is 3.08. The van der Waals surface area contributed by atoms with Crippen molar-refractivity contribution in [1.29, 1.82) is 0 Å². The number of aromatic nitrogens is 3. The average molecular weight is 346 g/mol. The molecule has 0 aliphatic carbocycles. The second kappa shape index (κ2) is 6.76. The smallest absolute Gasteiger partial charge is 0.287 e. The maximum Gasteiger partial charge on any atom is 0.287 e. The van der Waals surface area contributed by atoms with E-state index >= 15 is 0 Å². The summed E-state index contributed by atoms with van der Waals surface area (Å²) in [7, 11) is 0. The lowest BCUT2D eigenvalue weighted by atomic mass is 10.2. The third kappa shape index (κ3) is 2.93. The number of imidazole rings is 1. The summed E-state index contributed by atoms with van der Waals surface area (Å²) in [5, 5.41) is 2.74. The number of nitrogens with one attached hydrogen (secondary N) is 1. The van der Waals surface area contributed by atoms with Gasteiger partial charge in [-0.05, 0) is 30.3 Å². The zero-order chi connectivity index (χ0) is 17.9. The standard InChI is InChI=1S/C20H15FN4O/c21-16-6-2-1-5-15(16)13-23-20(26)19-24-18(14-8-10-22-11-9-14)17-7-3-4-12-25(17)19/h1-12H,13H2,(H,23,26). The van der Waals surface area contributed by atoms with Crippen LogP contribution in [0.3, 0.4) is 0 Å². The van der Waals surface area contributed by atoms with Crippen LogP contribution in [0.2, 0.25) is 0 Å². The fraction of sp³-hybridized carbons (Fsp3) is 0.0500. The van der Waals surface area contributed by atoms with Crippen LogP contribution in [-0.4, -0.2) is 20.3 Å². The summed E-state index contributed by atoms with van der Waals surface area (Å²) < 4.78 is 15.5. The van der Waals surface area contributed by atoms with E-state index in [2.05, 4.69) is 15.3 Å². The molecule has 0 fully saturated rings. The van der Waals surface area contributed by atoms with Crippen LogP contribution in [0, 0.1) is 5.82 Å². The number of hydrogen-bond donors (Lipinski definition) is 1. The molecule has 5 nitrogen and oxygen atoms in total. The molecule has 0 saturated carbocycles. The molecule has 0 bridgehead atoms. The highest BCUT2D eigenvalue weighted by Gasteiger charge is 2.18. The van der Waals surface area contributed by atoms with Crippen molar-refractivity contribution in [2.75, 3.05) is 0 Å². The highest BCUT2D eigenvalue weighted by molar-refractivity contribution is 5.94. The van der Waals surface area contributed by atoms with Crippen LogP contribution in [0.15, 0.2) is 73.2 Å². The van der Waals surface area contributed by atoms with Crippen molar-refractivity contribution >= 4 is 11.4 Å². The predicted molar refractivity (Wildman–Crippen MR) is 96.0 cm³/mol. The number of pyridine rings is 2. The number of nitrogens with zero attached hydrogens (tertiary/aromatic N) is 3. The van der Waals surface area contributed by atoms with Crippen LogP contribution < -0.4 is 5.32 Å². The van der Waals surface area contributed by atoms with Crippen LogP contribution in [0.1, 0.15) is 16.2 Å². The second-order valence-corrected chi connectivity index (χ2v) is 5.75. The molecule has 0 spiro atoms. The van der Waals surface area contributed by atoms with Gasteiger partial charge < -0.3 is 5.32 Å². The predicted octanol–water partition coefficient (Wildman–Crippen LogP) is 3.47. The number of fused-ring (bicyclic) bond motifs is 1. The Hall–Kier alpha value is -3.54. The lowest BCUT2D eigenvalue weighted by Crippen LogP contribution is -2.25. The quantitative estimate of drug-likeness (QED) is 0.616. The van der Waals surface area contributed by atoms with E-state index < -0.39 is 0 Å². The molecule has 4 rings (SSSR count). The summed E-state index contributed by atoms with van der Waals surface area (Å²) in [6, 6.07) is 15.7. The Morgan fingerprint density at radius 2 is 1.81 bits per heavy atom. The molecule has 6 heteroatoms. The van der Waals surface area contributed by atoms with Crippen LogP contribution in [0.25, 0.3) is 16.8 Å². The van der Waals surface area contributed by atoms with E-state index in [0.717, 1.165) is 11.1 Å². The van der Waals surface area contributed by atoms with Gasteiger partial charge in [0.15, 0.2) is 0 Å². The van der Waals surface area contributed by atoms with Gasteiger partial charge in [0.05, 0.1) is 11.2 Å². The normalized spacial score (nSPS) is 10.8. The molecular formula is C20H15FN4O. The number of benzene rings is 1. The van der Waals surface area contributed by atoms with Gasteiger partial charge in [0.1, 0.15) is 5.82 Å². The van der Waals surface area contributed by atoms with Gasteiger partial charge in [-0.2, -0.15) is 0 Å². The van der Waals surface area contributed by atoms with Crippen molar-refractivity contribution in [2.45, 2.75) is 6.54 Å². The number of amides is 1. The summed E-state index contributed by atoms with van der Waals surface area (Å²) in [5.74, 6) is -0.461. The van der Waals surface area contributed by atoms with Gasteiger partial charge in [-0.3, -0.25) is 14.2 Å². The first-order valence-electron chi connectivity index (χ1n) is 8.13. The molecule has 0 saturated heterocycles. The Labute approximate surface area is 149 Å². The highest BCUT2D eigenvalue weighted by atomic mass is 19.1. The van der Waals surface area contributed by atoms with Crippen molar-refractivity contribution in [3.8, 4) is 11.3 Å². The van der Waals surface area contributed by atoms with Crippen LogP contribution in [0.5, 0.6) is 0 Å². The largest absolute Gasteiger partial charge is 0.345 e. The lowest BCUT2D eigenvalue weighted by Gasteiger charge is -2.05. The number of rotatable bonds is 4. The van der Waals surface area contributed by atoms with E-state index in [1.165, 1.54) is 6.07 Å². The minimum absolute atomic E-state index is 0.0951. The molecule has 0 aliphatic heterocycles. The Balaban J connectivity index is 1.68.